The SMILES string of the molecule is Cc1ccc2nc(C)cc(C(=O)Nc3cccc(C4SCCCS4)c3)c2c1. The topological polar surface area (TPSA) is 42.0 Å². The number of rotatable bonds is 3. The molecule has 4 rings (SSSR count). The Morgan fingerprint density at radius 2 is 1.89 bits per heavy atom. The standard InChI is InChI=1S/C22H22N2OS2/c1-14-7-8-20-18(11-14)19(12-15(2)23-20)21(25)24-17-6-3-5-16(13-17)22-26-9-4-10-27-22/h3,5-8,11-13,22H,4,9-10H2,1-2H3,(H,24,25). The molecule has 0 atom stereocenters. The van der Waals surface area contributed by atoms with Crippen LogP contribution in [0.2, 0.25) is 0 Å². The van der Waals surface area contributed by atoms with Gasteiger partial charge in [0, 0.05) is 16.8 Å². The molecule has 0 aliphatic carbocycles. The molecule has 1 aliphatic rings. The van der Waals surface area contributed by atoms with E-state index in [-0.39, 0.29) is 5.91 Å². The minimum atomic E-state index is -0.0859. The molecule has 1 aliphatic heterocycles. The fraction of sp³-hybridized carbons (Fsp3) is 0.273. The van der Waals surface area contributed by atoms with E-state index in [1.807, 2.05) is 73.8 Å². The molecule has 1 N–H and O–H groups in total. The highest BCUT2D eigenvalue weighted by molar-refractivity contribution is 8.16. The second-order valence-electron chi connectivity index (χ2n) is 6.84. The van der Waals surface area contributed by atoms with Crippen molar-refractivity contribution in [1.82, 2.24) is 4.98 Å². The van der Waals surface area contributed by atoms with E-state index in [1.165, 1.54) is 23.5 Å². The van der Waals surface area contributed by atoms with Gasteiger partial charge < -0.3 is 5.32 Å². The van der Waals surface area contributed by atoms with Crippen LogP contribution in [0.4, 0.5) is 5.69 Å². The Bertz CT molecular complexity index is 997. The van der Waals surface area contributed by atoms with Crippen molar-refractivity contribution >= 4 is 46.0 Å². The minimum Gasteiger partial charge on any atom is -0.322 e. The van der Waals surface area contributed by atoms with Crippen LogP contribution in [0.1, 0.15) is 38.2 Å². The molecule has 0 bridgehead atoms. The predicted octanol–water partition coefficient (Wildman–Crippen LogP) is 5.97. The Morgan fingerprint density at radius 1 is 1.07 bits per heavy atom. The van der Waals surface area contributed by atoms with Gasteiger partial charge in [0.25, 0.3) is 5.91 Å². The largest absolute Gasteiger partial charge is 0.322 e. The van der Waals surface area contributed by atoms with Gasteiger partial charge in [0.15, 0.2) is 0 Å². The lowest BCUT2D eigenvalue weighted by Crippen LogP contribution is -2.13. The third-order valence-corrected chi connectivity index (χ3v) is 7.60. The molecule has 0 radical (unpaired) electrons. The fourth-order valence-corrected chi connectivity index (χ4v) is 6.17. The second kappa shape index (κ2) is 7.95. The monoisotopic (exact) mass is 394 g/mol. The molecular weight excluding hydrogens is 372 g/mol. The van der Waals surface area contributed by atoms with E-state index < -0.39 is 0 Å². The summed E-state index contributed by atoms with van der Waals surface area (Å²) in [6.45, 7) is 3.96. The summed E-state index contributed by atoms with van der Waals surface area (Å²) < 4.78 is 0.460. The highest BCUT2D eigenvalue weighted by atomic mass is 32.2. The van der Waals surface area contributed by atoms with Crippen LogP contribution in [0, 0.1) is 13.8 Å². The molecular formula is C22H22N2OS2. The van der Waals surface area contributed by atoms with Crippen LogP contribution in [0.15, 0.2) is 48.5 Å². The van der Waals surface area contributed by atoms with Crippen LogP contribution in [0.3, 0.4) is 0 Å². The number of nitrogens with one attached hydrogen (secondary N) is 1. The number of fused-ring (bicyclic) bond motifs is 1. The maximum Gasteiger partial charge on any atom is 0.256 e. The van der Waals surface area contributed by atoms with Crippen molar-refractivity contribution in [2.75, 3.05) is 16.8 Å². The van der Waals surface area contributed by atoms with Crippen molar-refractivity contribution in [2.24, 2.45) is 0 Å². The smallest absolute Gasteiger partial charge is 0.256 e. The number of hydrogen-bond acceptors (Lipinski definition) is 4. The molecule has 0 spiro atoms. The van der Waals surface area contributed by atoms with E-state index in [0.717, 1.165) is 27.8 Å². The number of aryl methyl sites for hydroxylation is 2. The summed E-state index contributed by atoms with van der Waals surface area (Å²) >= 11 is 3.98. The molecule has 138 valence electrons. The molecule has 1 aromatic heterocycles. The first-order chi connectivity index (χ1) is 13.1. The Hall–Kier alpha value is -1.98. The number of nitrogens with zero attached hydrogens (tertiary/aromatic N) is 1. The number of thioether (sulfide) groups is 2. The molecule has 1 amide bonds. The highest BCUT2D eigenvalue weighted by Gasteiger charge is 2.18. The first kappa shape index (κ1) is 18.4. The number of hydrogen-bond donors (Lipinski definition) is 1. The lowest BCUT2D eigenvalue weighted by molar-refractivity contribution is 0.102. The number of carbonyl (C=O) groups excluding carboxylic acids is 1. The summed E-state index contributed by atoms with van der Waals surface area (Å²) in [5, 5.41) is 3.99. The van der Waals surface area contributed by atoms with Gasteiger partial charge in [-0.25, -0.2) is 0 Å². The van der Waals surface area contributed by atoms with Crippen molar-refractivity contribution < 1.29 is 4.79 Å². The van der Waals surface area contributed by atoms with Crippen LogP contribution >= 0.6 is 23.5 Å². The van der Waals surface area contributed by atoms with Gasteiger partial charge in [-0.05, 0) is 67.7 Å². The predicted molar refractivity (Wildman–Crippen MR) is 118 cm³/mol. The third kappa shape index (κ3) is 4.14. The van der Waals surface area contributed by atoms with Gasteiger partial charge >= 0.3 is 0 Å². The molecule has 0 saturated carbocycles. The van der Waals surface area contributed by atoms with Gasteiger partial charge in [-0.3, -0.25) is 9.78 Å². The van der Waals surface area contributed by atoms with Crippen LogP contribution in [-0.2, 0) is 0 Å². The number of pyridine rings is 1. The molecule has 0 unspecified atom stereocenters. The van der Waals surface area contributed by atoms with E-state index in [1.54, 1.807) is 0 Å². The van der Waals surface area contributed by atoms with Gasteiger partial charge in [0.2, 0.25) is 0 Å². The second-order valence-corrected chi connectivity index (χ2v) is 9.56. The number of benzene rings is 2. The highest BCUT2D eigenvalue weighted by Crippen LogP contribution is 2.44. The van der Waals surface area contributed by atoms with Gasteiger partial charge in [-0.1, -0.05) is 23.8 Å². The van der Waals surface area contributed by atoms with E-state index in [2.05, 4.69) is 22.4 Å². The van der Waals surface area contributed by atoms with E-state index in [0.29, 0.717) is 10.1 Å². The molecule has 5 heteroatoms. The molecule has 3 nitrogen and oxygen atoms in total. The normalized spacial score (nSPS) is 15.0. The lowest BCUT2D eigenvalue weighted by Gasteiger charge is -2.21. The average Bonchev–Trinajstić information content (AvgIpc) is 2.68. The summed E-state index contributed by atoms with van der Waals surface area (Å²) in [4.78, 5) is 17.6. The van der Waals surface area contributed by atoms with E-state index in [9.17, 15) is 4.79 Å². The summed E-state index contributed by atoms with van der Waals surface area (Å²) in [7, 11) is 0. The number of aromatic nitrogens is 1. The zero-order chi connectivity index (χ0) is 18.8. The van der Waals surface area contributed by atoms with Crippen molar-refractivity contribution in [1.29, 1.82) is 0 Å². The number of carbonyl (C=O) groups is 1. The van der Waals surface area contributed by atoms with Crippen LogP contribution in [0.25, 0.3) is 10.9 Å². The van der Waals surface area contributed by atoms with E-state index in [4.69, 9.17) is 0 Å². The molecule has 27 heavy (non-hydrogen) atoms. The zero-order valence-corrected chi connectivity index (χ0v) is 17.1. The summed E-state index contributed by atoms with van der Waals surface area (Å²) in [6.07, 6.45) is 1.27. The van der Waals surface area contributed by atoms with Crippen LogP contribution in [-0.4, -0.2) is 22.4 Å². The summed E-state index contributed by atoms with van der Waals surface area (Å²) in [5.74, 6) is 2.32. The zero-order valence-electron chi connectivity index (χ0n) is 15.5. The molecule has 2 aromatic carbocycles. The Morgan fingerprint density at radius 3 is 2.70 bits per heavy atom. The number of amides is 1. The lowest BCUT2D eigenvalue weighted by atomic mass is 10.0. The van der Waals surface area contributed by atoms with Crippen LogP contribution < -0.4 is 5.32 Å². The third-order valence-electron chi connectivity index (χ3n) is 4.58. The minimum absolute atomic E-state index is 0.0859. The number of anilines is 1. The first-order valence-corrected chi connectivity index (χ1v) is 11.2. The fourth-order valence-electron chi connectivity index (χ4n) is 3.30. The van der Waals surface area contributed by atoms with Crippen molar-refractivity contribution in [3.63, 3.8) is 0 Å². The van der Waals surface area contributed by atoms with Crippen molar-refractivity contribution in [2.45, 2.75) is 24.9 Å². The van der Waals surface area contributed by atoms with Gasteiger partial charge in [0.05, 0.1) is 15.7 Å². The first-order valence-electron chi connectivity index (χ1n) is 9.13. The Balaban J connectivity index is 1.63. The molecule has 1 saturated heterocycles. The maximum atomic E-state index is 13.0. The van der Waals surface area contributed by atoms with Gasteiger partial charge in [0.1, 0.15) is 0 Å². The van der Waals surface area contributed by atoms with Crippen molar-refractivity contribution in [3.8, 4) is 0 Å². The quantitative estimate of drug-likeness (QED) is 0.594. The Kier molecular flexibility index (Phi) is 5.41. The van der Waals surface area contributed by atoms with Gasteiger partial charge in [-0.2, -0.15) is 0 Å². The summed E-state index contributed by atoms with van der Waals surface area (Å²) in [6, 6.07) is 16.2. The summed E-state index contributed by atoms with van der Waals surface area (Å²) in [5.41, 5.74) is 5.62. The van der Waals surface area contributed by atoms with Crippen LogP contribution in [0.5, 0.6) is 0 Å². The van der Waals surface area contributed by atoms with Crippen molar-refractivity contribution in [3.05, 3.63) is 70.9 Å². The van der Waals surface area contributed by atoms with E-state index >= 15 is 0 Å². The van der Waals surface area contributed by atoms with Gasteiger partial charge in [-0.15, -0.1) is 23.5 Å². The molecule has 1 fully saturated rings. The molecule has 2 heterocycles. The maximum absolute atomic E-state index is 13.0. The Labute approximate surface area is 168 Å². The molecule has 3 aromatic rings. The average molecular weight is 395 g/mol.